The Morgan fingerprint density at radius 1 is 1.17 bits per heavy atom. The third-order valence-electron chi connectivity index (χ3n) is 4.40. The summed E-state index contributed by atoms with van der Waals surface area (Å²) >= 11 is 0. The van der Waals surface area contributed by atoms with Gasteiger partial charge in [0.2, 0.25) is 11.8 Å². The molecule has 1 aliphatic heterocycles. The molecule has 0 aromatic carbocycles. The van der Waals surface area contributed by atoms with E-state index in [0.29, 0.717) is 0 Å². The van der Waals surface area contributed by atoms with Crippen molar-refractivity contribution in [3.63, 3.8) is 0 Å². The second-order valence-electron chi connectivity index (χ2n) is 5.31. The Kier molecular flexibility index (Phi) is 2.50. The van der Waals surface area contributed by atoms with Crippen LogP contribution in [0, 0.1) is 23.7 Å². The van der Waals surface area contributed by atoms with E-state index in [0.717, 1.165) is 12.8 Å². The van der Waals surface area contributed by atoms with Crippen molar-refractivity contribution in [2.75, 3.05) is 6.54 Å². The highest BCUT2D eigenvalue weighted by Crippen LogP contribution is 2.49. The first kappa shape index (κ1) is 11.4. The fourth-order valence-corrected chi connectivity index (χ4v) is 3.56. The Labute approximate surface area is 104 Å². The highest BCUT2D eigenvalue weighted by molar-refractivity contribution is 6.06. The number of fused-ring (bicyclic) bond motifs is 1. The lowest BCUT2D eigenvalue weighted by Crippen LogP contribution is -2.38. The molecule has 0 aromatic heterocycles. The molecule has 5 heteroatoms. The first-order valence-electron chi connectivity index (χ1n) is 6.35. The molecular weight excluding hydrogens is 234 g/mol. The maximum atomic E-state index is 12.2. The number of carbonyl (C=O) groups excluding carboxylic acids is 2. The van der Waals surface area contributed by atoms with Gasteiger partial charge in [0.1, 0.15) is 0 Å². The standard InChI is InChI=1S/C13H15NO4/c15-9(16)5-6-14-12(17)10-7-1-2-8(4-3-7)11(10)13(14)18/h1-2,7-8,10-11H,3-6H2,(H,15,16)/t7-,8-,10-,11+/m0/s1. The zero-order valence-electron chi connectivity index (χ0n) is 9.91. The second kappa shape index (κ2) is 3.93. The van der Waals surface area contributed by atoms with Gasteiger partial charge >= 0.3 is 5.97 Å². The van der Waals surface area contributed by atoms with Crippen molar-refractivity contribution in [1.29, 1.82) is 0 Å². The molecule has 2 bridgehead atoms. The lowest BCUT2D eigenvalue weighted by molar-refractivity contribution is -0.142. The summed E-state index contributed by atoms with van der Waals surface area (Å²) in [7, 11) is 0. The molecule has 96 valence electrons. The number of amides is 2. The molecule has 1 saturated carbocycles. The fourth-order valence-electron chi connectivity index (χ4n) is 3.56. The Morgan fingerprint density at radius 3 is 2.06 bits per heavy atom. The van der Waals surface area contributed by atoms with E-state index < -0.39 is 5.97 Å². The molecule has 2 amide bonds. The summed E-state index contributed by atoms with van der Waals surface area (Å²) in [5, 5.41) is 8.66. The Bertz CT molecular complexity index is 424. The third-order valence-corrected chi connectivity index (χ3v) is 4.40. The van der Waals surface area contributed by atoms with E-state index in [4.69, 9.17) is 5.11 Å². The van der Waals surface area contributed by atoms with E-state index in [1.165, 1.54) is 4.90 Å². The van der Waals surface area contributed by atoms with Gasteiger partial charge in [-0.3, -0.25) is 19.3 Å². The molecule has 5 nitrogen and oxygen atoms in total. The Morgan fingerprint density at radius 2 is 1.67 bits per heavy atom. The zero-order valence-corrected chi connectivity index (χ0v) is 9.91. The summed E-state index contributed by atoms with van der Waals surface area (Å²) < 4.78 is 0. The van der Waals surface area contributed by atoms with Gasteiger partial charge in [-0.2, -0.15) is 0 Å². The average Bonchev–Trinajstić information content (AvgIpc) is 2.63. The zero-order chi connectivity index (χ0) is 12.9. The van der Waals surface area contributed by atoms with Gasteiger partial charge in [0.15, 0.2) is 0 Å². The van der Waals surface area contributed by atoms with Crippen LogP contribution in [0.2, 0.25) is 0 Å². The molecule has 1 heterocycles. The van der Waals surface area contributed by atoms with E-state index in [1.54, 1.807) is 0 Å². The van der Waals surface area contributed by atoms with E-state index in [1.807, 2.05) is 0 Å². The number of aliphatic carboxylic acids is 1. The minimum Gasteiger partial charge on any atom is -0.481 e. The first-order valence-corrected chi connectivity index (χ1v) is 6.35. The average molecular weight is 249 g/mol. The summed E-state index contributed by atoms with van der Waals surface area (Å²) in [5.74, 6) is -1.41. The third kappa shape index (κ3) is 1.50. The van der Waals surface area contributed by atoms with Crippen LogP contribution in [0.25, 0.3) is 0 Å². The van der Waals surface area contributed by atoms with Crippen LogP contribution in [0.1, 0.15) is 19.3 Å². The molecule has 0 unspecified atom stereocenters. The van der Waals surface area contributed by atoms with Crippen molar-refractivity contribution in [1.82, 2.24) is 4.90 Å². The van der Waals surface area contributed by atoms with Gasteiger partial charge in [0.25, 0.3) is 0 Å². The van der Waals surface area contributed by atoms with Crippen LogP contribution < -0.4 is 0 Å². The molecule has 18 heavy (non-hydrogen) atoms. The predicted octanol–water partition coefficient (Wildman–Crippen LogP) is 0.658. The number of hydrogen-bond donors (Lipinski definition) is 1. The minimum atomic E-state index is -0.980. The largest absolute Gasteiger partial charge is 0.481 e. The molecule has 0 spiro atoms. The van der Waals surface area contributed by atoms with Crippen molar-refractivity contribution in [2.24, 2.45) is 23.7 Å². The number of imide groups is 1. The predicted molar refractivity (Wildman–Crippen MR) is 61.3 cm³/mol. The molecule has 4 aliphatic rings. The molecule has 3 aliphatic carbocycles. The number of rotatable bonds is 3. The summed E-state index contributed by atoms with van der Waals surface area (Å²) in [4.78, 5) is 36.2. The smallest absolute Gasteiger partial charge is 0.305 e. The summed E-state index contributed by atoms with van der Waals surface area (Å²) in [6.45, 7) is 0.0133. The van der Waals surface area contributed by atoms with Crippen LogP contribution in [0.4, 0.5) is 0 Å². The van der Waals surface area contributed by atoms with Gasteiger partial charge in [0.05, 0.1) is 18.3 Å². The molecule has 4 rings (SSSR count). The monoisotopic (exact) mass is 249 g/mol. The van der Waals surface area contributed by atoms with Crippen molar-refractivity contribution < 1.29 is 19.5 Å². The maximum Gasteiger partial charge on any atom is 0.305 e. The van der Waals surface area contributed by atoms with Crippen molar-refractivity contribution in [3.8, 4) is 0 Å². The lowest BCUT2D eigenvalue weighted by Gasteiger charge is -2.38. The SMILES string of the molecule is O=C(O)CCN1C(=O)[C@@H]2[C@H](C1=O)[C@H]1C=C[C@H]2CC1. The second-order valence-corrected chi connectivity index (χ2v) is 5.31. The van der Waals surface area contributed by atoms with Crippen LogP contribution in [-0.4, -0.2) is 34.3 Å². The number of carbonyl (C=O) groups is 3. The van der Waals surface area contributed by atoms with Crippen molar-refractivity contribution in [3.05, 3.63) is 12.2 Å². The number of carboxylic acid groups (broad SMARTS) is 1. The summed E-state index contributed by atoms with van der Waals surface area (Å²) in [5.41, 5.74) is 0. The highest BCUT2D eigenvalue weighted by Gasteiger charge is 2.56. The number of carboxylic acids is 1. The van der Waals surface area contributed by atoms with Gasteiger partial charge in [-0.05, 0) is 24.7 Å². The summed E-state index contributed by atoms with van der Waals surface area (Å²) in [6, 6.07) is 0. The molecule has 1 N–H and O–H groups in total. The quantitative estimate of drug-likeness (QED) is 0.589. The molecule has 0 aromatic rings. The Balaban J connectivity index is 1.83. The molecule has 1 saturated heterocycles. The normalized spacial score (nSPS) is 37.2. The summed E-state index contributed by atoms with van der Waals surface area (Å²) in [6.07, 6.45) is 5.88. The maximum absolute atomic E-state index is 12.2. The Hall–Kier alpha value is -1.65. The van der Waals surface area contributed by atoms with E-state index in [9.17, 15) is 14.4 Å². The number of allylic oxidation sites excluding steroid dienone is 2. The van der Waals surface area contributed by atoms with Gasteiger partial charge in [-0.25, -0.2) is 0 Å². The highest BCUT2D eigenvalue weighted by atomic mass is 16.4. The van der Waals surface area contributed by atoms with Crippen LogP contribution in [-0.2, 0) is 14.4 Å². The van der Waals surface area contributed by atoms with Crippen LogP contribution in [0.3, 0.4) is 0 Å². The number of likely N-dealkylation sites (tertiary alicyclic amines) is 1. The van der Waals surface area contributed by atoms with E-state index in [2.05, 4.69) is 12.2 Å². The topological polar surface area (TPSA) is 74.7 Å². The molecule has 0 radical (unpaired) electrons. The van der Waals surface area contributed by atoms with Gasteiger partial charge in [0, 0.05) is 6.54 Å². The van der Waals surface area contributed by atoms with Crippen molar-refractivity contribution >= 4 is 17.8 Å². The van der Waals surface area contributed by atoms with Gasteiger partial charge < -0.3 is 5.11 Å². The fraction of sp³-hybridized carbons (Fsp3) is 0.615. The number of nitrogens with zero attached hydrogens (tertiary/aromatic N) is 1. The van der Waals surface area contributed by atoms with Crippen molar-refractivity contribution in [2.45, 2.75) is 19.3 Å². The minimum absolute atomic E-state index is 0.0133. The van der Waals surface area contributed by atoms with Crippen LogP contribution in [0.5, 0.6) is 0 Å². The molecule has 2 fully saturated rings. The van der Waals surface area contributed by atoms with Crippen LogP contribution >= 0.6 is 0 Å². The number of hydrogen-bond acceptors (Lipinski definition) is 3. The molecule has 4 atom stereocenters. The molecular formula is C13H15NO4. The van der Waals surface area contributed by atoms with Crippen LogP contribution in [0.15, 0.2) is 12.2 Å². The van der Waals surface area contributed by atoms with Gasteiger partial charge in [-0.15, -0.1) is 0 Å². The van der Waals surface area contributed by atoms with E-state index in [-0.39, 0.29) is 48.5 Å². The van der Waals surface area contributed by atoms with E-state index >= 15 is 0 Å². The first-order chi connectivity index (χ1) is 8.59. The lowest BCUT2D eigenvalue weighted by atomic mass is 9.63. The van der Waals surface area contributed by atoms with Gasteiger partial charge in [-0.1, -0.05) is 12.2 Å².